The van der Waals surface area contributed by atoms with E-state index in [1.54, 1.807) is 31.2 Å². The lowest BCUT2D eigenvalue weighted by Crippen LogP contribution is -2.37. The van der Waals surface area contributed by atoms with Crippen LogP contribution in [0.25, 0.3) is 22.3 Å². The minimum atomic E-state index is -1.37. The van der Waals surface area contributed by atoms with Crippen molar-refractivity contribution in [2.24, 2.45) is 7.05 Å². The molecule has 1 aliphatic heterocycles. The van der Waals surface area contributed by atoms with Crippen LogP contribution in [0.15, 0.2) is 24.8 Å². The molecule has 1 aliphatic rings. The number of fused-ring (bicyclic) bond motifs is 1. The van der Waals surface area contributed by atoms with Gasteiger partial charge in [0.15, 0.2) is 34.8 Å². The molecule has 1 aromatic carbocycles. The van der Waals surface area contributed by atoms with Gasteiger partial charge in [0.2, 0.25) is 0 Å². The van der Waals surface area contributed by atoms with Crippen molar-refractivity contribution in [1.82, 2.24) is 24.5 Å². The highest BCUT2D eigenvalue weighted by Crippen LogP contribution is 2.35. The number of methoxy groups -OCH3 is 1. The summed E-state index contributed by atoms with van der Waals surface area (Å²) in [5.41, 5.74) is 0.551. The second-order valence-electron chi connectivity index (χ2n) is 8.38. The summed E-state index contributed by atoms with van der Waals surface area (Å²) < 4.78 is 57.0. The summed E-state index contributed by atoms with van der Waals surface area (Å²) in [6.45, 7) is 0.949. The highest BCUT2D eigenvalue weighted by molar-refractivity contribution is 5.98. The normalized spacial score (nSPS) is 13.6. The number of aromatic nitrogens is 5. The summed E-state index contributed by atoms with van der Waals surface area (Å²) >= 11 is 0. The van der Waals surface area contributed by atoms with E-state index in [4.69, 9.17) is 9.47 Å². The number of pyridine rings is 1. The van der Waals surface area contributed by atoms with Crippen molar-refractivity contribution in [2.75, 3.05) is 56.0 Å². The third-order valence-electron chi connectivity index (χ3n) is 6.12. The Kier molecular flexibility index (Phi) is 6.72. The average molecular weight is 528 g/mol. The van der Waals surface area contributed by atoms with Gasteiger partial charge < -0.3 is 29.6 Å². The van der Waals surface area contributed by atoms with Gasteiger partial charge in [-0.05, 0) is 0 Å². The first kappa shape index (κ1) is 25.2. The quantitative estimate of drug-likeness (QED) is 0.285. The van der Waals surface area contributed by atoms with Crippen molar-refractivity contribution in [1.29, 1.82) is 0 Å². The van der Waals surface area contributed by atoms with Gasteiger partial charge in [-0.1, -0.05) is 0 Å². The minimum Gasteiger partial charge on any atom is -0.464 e. The molecule has 3 aromatic heterocycles. The Balaban J connectivity index is 1.61. The van der Waals surface area contributed by atoms with Gasteiger partial charge in [0, 0.05) is 39.4 Å². The number of nitrogens with one attached hydrogen (secondary N) is 2. The third kappa shape index (κ3) is 4.32. The van der Waals surface area contributed by atoms with Crippen molar-refractivity contribution >= 4 is 40.0 Å². The average Bonchev–Trinajstić information content (AvgIpc) is 3.32. The summed E-state index contributed by atoms with van der Waals surface area (Å²) in [4.78, 5) is 31.5. The molecule has 0 unspecified atom stereocenters. The first-order valence-electron chi connectivity index (χ1n) is 11.5. The molecule has 0 radical (unpaired) electrons. The van der Waals surface area contributed by atoms with Crippen LogP contribution in [0.4, 0.5) is 36.2 Å². The lowest BCUT2D eigenvalue weighted by molar-refractivity contribution is 0.0595. The fourth-order valence-electron chi connectivity index (χ4n) is 4.22. The molecular formula is C24H23F3N8O3. The molecule has 0 atom stereocenters. The van der Waals surface area contributed by atoms with Crippen molar-refractivity contribution in [3.63, 3.8) is 0 Å². The topological polar surface area (TPSA) is 119 Å². The van der Waals surface area contributed by atoms with Crippen molar-refractivity contribution < 1.29 is 27.4 Å². The number of aryl methyl sites for hydroxylation is 1. The van der Waals surface area contributed by atoms with Crippen LogP contribution in [0.3, 0.4) is 0 Å². The van der Waals surface area contributed by atoms with Gasteiger partial charge in [-0.2, -0.15) is 0 Å². The number of esters is 1. The molecular weight excluding hydrogens is 505 g/mol. The van der Waals surface area contributed by atoms with Gasteiger partial charge in [0.25, 0.3) is 0 Å². The maximum absolute atomic E-state index is 15.1. The van der Waals surface area contributed by atoms with Crippen LogP contribution in [-0.2, 0) is 16.5 Å². The van der Waals surface area contributed by atoms with E-state index in [1.807, 2.05) is 0 Å². The van der Waals surface area contributed by atoms with E-state index in [2.05, 4.69) is 30.6 Å². The third-order valence-corrected chi connectivity index (χ3v) is 6.12. The number of carbonyl (C=O) groups is 1. The number of hydrogen-bond donors (Lipinski definition) is 2. The predicted molar refractivity (Wildman–Crippen MR) is 133 cm³/mol. The SMILES string of the molecule is CNc1nc(Nc2cc(F)c(N3CCOCC3)c(F)c2F)c(C(=O)OC)nc1-c1cncc2c1ncn2C. The Morgan fingerprint density at radius 2 is 1.87 bits per heavy atom. The Morgan fingerprint density at radius 3 is 2.58 bits per heavy atom. The Bertz CT molecular complexity index is 1540. The molecule has 1 saturated heterocycles. The maximum Gasteiger partial charge on any atom is 0.360 e. The second-order valence-corrected chi connectivity index (χ2v) is 8.38. The lowest BCUT2D eigenvalue weighted by Gasteiger charge is -2.29. The molecule has 2 N–H and O–H groups in total. The van der Waals surface area contributed by atoms with Gasteiger partial charge in [0.1, 0.15) is 16.9 Å². The van der Waals surface area contributed by atoms with Crippen LogP contribution >= 0.6 is 0 Å². The largest absolute Gasteiger partial charge is 0.464 e. The molecule has 0 aliphatic carbocycles. The number of carbonyl (C=O) groups excluding carboxylic acids is 1. The highest BCUT2D eigenvalue weighted by atomic mass is 19.2. The van der Waals surface area contributed by atoms with Gasteiger partial charge in [-0.3, -0.25) is 4.98 Å². The molecule has 11 nitrogen and oxygen atoms in total. The van der Waals surface area contributed by atoms with Crippen LogP contribution in [0.5, 0.6) is 0 Å². The zero-order valence-electron chi connectivity index (χ0n) is 20.7. The number of anilines is 4. The summed E-state index contributed by atoms with van der Waals surface area (Å²) in [6, 6.07) is 0.803. The molecule has 0 bridgehead atoms. The molecule has 38 heavy (non-hydrogen) atoms. The van der Waals surface area contributed by atoms with E-state index in [1.165, 1.54) is 11.1 Å². The maximum atomic E-state index is 15.1. The summed E-state index contributed by atoms with van der Waals surface area (Å²) in [5.74, 6) is -4.71. The Labute approximate surface area is 214 Å². The summed E-state index contributed by atoms with van der Waals surface area (Å²) in [6.07, 6.45) is 4.75. The molecule has 0 amide bonds. The van der Waals surface area contributed by atoms with Crippen molar-refractivity contribution in [2.45, 2.75) is 0 Å². The van der Waals surface area contributed by atoms with Gasteiger partial charge >= 0.3 is 5.97 Å². The molecule has 5 rings (SSSR count). The monoisotopic (exact) mass is 528 g/mol. The molecule has 4 heterocycles. The van der Waals surface area contributed by atoms with Crippen LogP contribution in [-0.4, -0.2) is 70.9 Å². The van der Waals surface area contributed by atoms with Crippen LogP contribution < -0.4 is 15.5 Å². The number of benzene rings is 1. The molecule has 4 aromatic rings. The van der Waals surface area contributed by atoms with E-state index in [0.29, 0.717) is 16.6 Å². The fourth-order valence-corrected chi connectivity index (χ4v) is 4.22. The number of hydrogen-bond acceptors (Lipinski definition) is 10. The van der Waals surface area contributed by atoms with E-state index in [-0.39, 0.29) is 49.3 Å². The van der Waals surface area contributed by atoms with E-state index in [0.717, 1.165) is 13.2 Å². The number of nitrogens with zero attached hydrogens (tertiary/aromatic N) is 6. The summed E-state index contributed by atoms with van der Waals surface area (Å²) in [5, 5.41) is 5.39. The smallest absolute Gasteiger partial charge is 0.360 e. The Morgan fingerprint density at radius 1 is 1.11 bits per heavy atom. The number of imidazole rings is 1. The highest BCUT2D eigenvalue weighted by Gasteiger charge is 2.28. The number of morpholine rings is 1. The molecule has 1 fully saturated rings. The standard InChI is InChI=1S/C24H23F3N8O3/c1-28-22-19(12-9-29-10-15-18(12)30-11-34(15)2)32-20(24(36)37-3)23(33-22)31-14-8-13(25)21(17(27)16(14)26)35-4-6-38-7-5-35/h8-11H,4-7H2,1-3H3,(H2,28,31,33). The second kappa shape index (κ2) is 10.1. The Hall–Kier alpha value is -4.46. The van der Waals surface area contributed by atoms with Crippen LogP contribution in [0.1, 0.15) is 10.5 Å². The van der Waals surface area contributed by atoms with Crippen molar-refractivity contribution in [3.8, 4) is 11.3 Å². The fraction of sp³-hybridized carbons (Fsp3) is 0.292. The van der Waals surface area contributed by atoms with Crippen LogP contribution in [0.2, 0.25) is 0 Å². The van der Waals surface area contributed by atoms with Crippen LogP contribution in [0, 0.1) is 17.5 Å². The molecule has 14 heteroatoms. The van der Waals surface area contributed by atoms with Crippen molar-refractivity contribution in [3.05, 3.63) is 47.9 Å². The number of rotatable bonds is 6. The number of ether oxygens (including phenoxy) is 2. The van der Waals surface area contributed by atoms with Gasteiger partial charge in [0.05, 0.1) is 49.6 Å². The first-order valence-corrected chi connectivity index (χ1v) is 11.5. The van der Waals surface area contributed by atoms with Gasteiger partial charge in [-0.25, -0.2) is 32.9 Å². The summed E-state index contributed by atoms with van der Waals surface area (Å²) in [7, 11) is 4.51. The van der Waals surface area contributed by atoms with Gasteiger partial charge in [-0.15, -0.1) is 0 Å². The first-order chi connectivity index (χ1) is 18.3. The molecule has 0 spiro atoms. The van der Waals surface area contributed by atoms with E-state index in [9.17, 15) is 9.18 Å². The lowest BCUT2D eigenvalue weighted by atomic mass is 10.1. The van der Waals surface area contributed by atoms with E-state index < -0.39 is 34.8 Å². The minimum absolute atomic E-state index is 0.173. The number of halogens is 3. The van der Waals surface area contributed by atoms with E-state index >= 15 is 8.78 Å². The zero-order valence-corrected chi connectivity index (χ0v) is 20.7. The zero-order chi connectivity index (χ0) is 27.0. The molecule has 198 valence electrons. The molecule has 0 saturated carbocycles. The predicted octanol–water partition coefficient (Wildman–Crippen LogP) is 3.25.